The van der Waals surface area contributed by atoms with Crippen molar-refractivity contribution in [1.82, 2.24) is 4.31 Å². The second-order valence-electron chi connectivity index (χ2n) is 7.01. The molecular weight excluding hydrogens is 404 g/mol. The average Bonchev–Trinajstić information content (AvgIpc) is 3.11. The first-order valence-corrected chi connectivity index (χ1v) is 11.3. The molecule has 2 aromatic rings. The Balaban J connectivity index is 1.75. The number of anilines is 2. The fourth-order valence-electron chi connectivity index (χ4n) is 3.65. The summed E-state index contributed by atoms with van der Waals surface area (Å²) in [6.07, 6.45) is 0.655. The van der Waals surface area contributed by atoms with Crippen molar-refractivity contribution in [2.45, 2.75) is 25.2 Å². The predicted octanol–water partition coefficient (Wildman–Crippen LogP) is 1.82. The van der Waals surface area contributed by atoms with Gasteiger partial charge >= 0.3 is 0 Å². The van der Waals surface area contributed by atoms with E-state index in [4.69, 9.17) is 5.73 Å². The van der Waals surface area contributed by atoms with E-state index in [1.807, 2.05) is 18.7 Å². The number of nitrogens with two attached hydrogens (primary N) is 1. The topological polar surface area (TPSA) is 113 Å². The van der Waals surface area contributed by atoms with Crippen molar-refractivity contribution in [2.75, 3.05) is 36.4 Å². The summed E-state index contributed by atoms with van der Waals surface area (Å²) in [4.78, 5) is 26.2. The minimum Gasteiger partial charge on any atom is -0.366 e. The molecule has 0 fully saturated rings. The van der Waals surface area contributed by atoms with Crippen molar-refractivity contribution in [1.29, 1.82) is 0 Å². The maximum Gasteiger partial charge on any atom is 0.250 e. The summed E-state index contributed by atoms with van der Waals surface area (Å²) >= 11 is 0. The normalized spacial score (nSPS) is 13.4. The number of hydrogen-bond donors (Lipinski definition) is 2. The van der Waals surface area contributed by atoms with Crippen LogP contribution in [0.3, 0.4) is 0 Å². The van der Waals surface area contributed by atoms with Crippen LogP contribution in [-0.2, 0) is 21.2 Å². The number of nitrogens with one attached hydrogen (secondary N) is 1. The summed E-state index contributed by atoms with van der Waals surface area (Å²) < 4.78 is 26.9. The van der Waals surface area contributed by atoms with Gasteiger partial charge in [-0.1, -0.05) is 26.0 Å². The van der Waals surface area contributed by atoms with Gasteiger partial charge in [0, 0.05) is 25.3 Å². The van der Waals surface area contributed by atoms with Gasteiger partial charge < -0.3 is 16.0 Å². The first-order chi connectivity index (χ1) is 14.3. The molecule has 1 heterocycles. The number of nitrogens with zero attached hydrogens (tertiary/aromatic N) is 2. The van der Waals surface area contributed by atoms with Crippen LogP contribution in [-0.4, -0.2) is 50.7 Å². The summed E-state index contributed by atoms with van der Waals surface area (Å²) in [5.41, 5.74) is 7.71. The zero-order valence-electron chi connectivity index (χ0n) is 17.1. The molecule has 0 spiro atoms. The van der Waals surface area contributed by atoms with E-state index >= 15 is 0 Å². The van der Waals surface area contributed by atoms with E-state index in [-0.39, 0.29) is 22.9 Å². The van der Waals surface area contributed by atoms with Crippen LogP contribution in [0.4, 0.5) is 11.4 Å². The van der Waals surface area contributed by atoms with Gasteiger partial charge in [0.1, 0.15) is 0 Å². The smallest absolute Gasteiger partial charge is 0.250 e. The molecule has 0 atom stereocenters. The summed E-state index contributed by atoms with van der Waals surface area (Å²) in [7, 11) is -3.53. The van der Waals surface area contributed by atoms with Crippen molar-refractivity contribution < 1.29 is 18.0 Å². The Morgan fingerprint density at radius 3 is 2.50 bits per heavy atom. The maximum absolute atomic E-state index is 12.8. The lowest BCUT2D eigenvalue weighted by Crippen LogP contribution is -2.32. The van der Waals surface area contributed by atoms with Crippen molar-refractivity contribution in [3.8, 4) is 0 Å². The van der Waals surface area contributed by atoms with Gasteiger partial charge in [-0.25, -0.2) is 8.42 Å². The van der Waals surface area contributed by atoms with Crippen molar-refractivity contribution in [3.63, 3.8) is 0 Å². The van der Waals surface area contributed by atoms with Crippen LogP contribution >= 0.6 is 0 Å². The number of benzene rings is 2. The van der Waals surface area contributed by atoms with Crippen LogP contribution in [0.15, 0.2) is 47.4 Å². The number of sulfonamides is 1. The monoisotopic (exact) mass is 430 g/mol. The lowest BCUT2D eigenvalue weighted by atomic mass is 10.1. The lowest BCUT2D eigenvalue weighted by Gasteiger charge is -2.21. The van der Waals surface area contributed by atoms with Crippen LogP contribution < -0.4 is 16.0 Å². The minimum absolute atomic E-state index is 0.0856. The number of amides is 2. The van der Waals surface area contributed by atoms with Crippen LogP contribution in [0.5, 0.6) is 0 Å². The number of carbonyl (C=O) groups excluding carboxylic acids is 2. The van der Waals surface area contributed by atoms with Gasteiger partial charge in [0.05, 0.1) is 22.7 Å². The Morgan fingerprint density at radius 2 is 1.83 bits per heavy atom. The molecule has 0 radical (unpaired) electrons. The van der Waals surface area contributed by atoms with E-state index in [1.54, 1.807) is 42.5 Å². The molecule has 0 bridgehead atoms. The summed E-state index contributed by atoms with van der Waals surface area (Å²) in [5.74, 6) is -0.893. The molecule has 8 nitrogen and oxygen atoms in total. The highest BCUT2D eigenvalue weighted by molar-refractivity contribution is 7.89. The molecule has 0 unspecified atom stereocenters. The Kier molecular flexibility index (Phi) is 6.42. The largest absolute Gasteiger partial charge is 0.366 e. The van der Waals surface area contributed by atoms with Gasteiger partial charge in [0.2, 0.25) is 15.9 Å². The second-order valence-corrected chi connectivity index (χ2v) is 8.95. The van der Waals surface area contributed by atoms with Crippen molar-refractivity contribution in [3.05, 3.63) is 53.6 Å². The summed E-state index contributed by atoms with van der Waals surface area (Å²) in [6, 6.07) is 11.6. The van der Waals surface area contributed by atoms with Gasteiger partial charge in [-0.2, -0.15) is 4.31 Å². The SMILES string of the molecule is CCN(CC)S(=O)(=O)c1ccc2c(c1)CCN2CC(=O)Nc1ccccc1C(N)=O. The highest BCUT2D eigenvalue weighted by Crippen LogP contribution is 2.31. The van der Waals surface area contributed by atoms with E-state index in [0.717, 1.165) is 11.3 Å². The first-order valence-electron chi connectivity index (χ1n) is 9.84. The van der Waals surface area contributed by atoms with Gasteiger partial charge in [-0.15, -0.1) is 0 Å². The highest BCUT2D eigenvalue weighted by Gasteiger charge is 2.26. The van der Waals surface area contributed by atoms with Crippen molar-refractivity contribution >= 4 is 33.2 Å². The van der Waals surface area contributed by atoms with E-state index < -0.39 is 15.9 Å². The molecule has 0 saturated carbocycles. The number of carbonyl (C=O) groups is 2. The second kappa shape index (κ2) is 8.85. The number of para-hydroxylation sites is 1. The Labute approximate surface area is 176 Å². The van der Waals surface area contributed by atoms with Gasteiger partial charge in [0.25, 0.3) is 5.91 Å². The maximum atomic E-state index is 12.8. The number of hydrogen-bond acceptors (Lipinski definition) is 5. The summed E-state index contributed by atoms with van der Waals surface area (Å²) in [5, 5.41) is 2.73. The number of fused-ring (bicyclic) bond motifs is 1. The zero-order chi connectivity index (χ0) is 21.9. The van der Waals surface area contributed by atoms with E-state index in [1.165, 1.54) is 4.31 Å². The molecule has 0 aromatic heterocycles. The molecule has 0 saturated heterocycles. The van der Waals surface area contributed by atoms with Gasteiger partial charge in [-0.05, 0) is 42.3 Å². The fourth-order valence-corrected chi connectivity index (χ4v) is 5.16. The quantitative estimate of drug-likeness (QED) is 0.663. The van der Waals surface area contributed by atoms with E-state index in [0.29, 0.717) is 31.7 Å². The molecule has 3 rings (SSSR count). The third kappa shape index (κ3) is 4.31. The first kappa shape index (κ1) is 21.8. The molecule has 0 aliphatic carbocycles. The molecule has 2 aromatic carbocycles. The molecule has 9 heteroatoms. The standard InChI is InChI=1S/C21H26N4O4S/c1-3-25(4-2)30(28,29)16-9-10-19-15(13-16)11-12-24(19)14-20(26)23-18-8-6-5-7-17(18)21(22)27/h5-10,13H,3-4,11-12,14H2,1-2H3,(H2,22,27)(H,23,26). The van der Waals surface area contributed by atoms with Gasteiger partial charge in [0.15, 0.2) is 0 Å². The Bertz CT molecular complexity index is 1060. The number of rotatable bonds is 8. The molecule has 30 heavy (non-hydrogen) atoms. The highest BCUT2D eigenvalue weighted by atomic mass is 32.2. The zero-order valence-corrected chi connectivity index (χ0v) is 17.9. The van der Waals surface area contributed by atoms with Crippen LogP contribution in [0.2, 0.25) is 0 Å². The molecule has 3 N–H and O–H groups in total. The van der Waals surface area contributed by atoms with Crippen molar-refractivity contribution in [2.24, 2.45) is 5.73 Å². The average molecular weight is 431 g/mol. The Hall–Kier alpha value is -2.91. The third-order valence-corrected chi connectivity index (χ3v) is 7.23. The Morgan fingerprint density at radius 1 is 1.13 bits per heavy atom. The van der Waals surface area contributed by atoms with Crippen LogP contribution in [0.1, 0.15) is 29.8 Å². The molecule has 160 valence electrons. The minimum atomic E-state index is -3.53. The van der Waals surface area contributed by atoms with Gasteiger partial charge in [-0.3, -0.25) is 9.59 Å². The molecule has 2 amide bonds. The lowest BCUT2D eigenvalue weighted by molar-refractivity contribution is -0.115. The molecule has 1 aliphatic heterocycles. The summed E-state index contributed by atoms with van der Waals surface area (Å²) in [6.45, 7) is 5.14. The van der Waals surface area contributed by atoms with E-state index in [2.05, 4.69) is 5.32 Å². The fraction of sp³-hybridized carbons (Fsp3) is 0.333. The van der Waals surface area contributed by atoms with Crippen LogP contribution in [0.25, 0.3) is 0 Å². The van der Waals surface area contributed by atoms with E-state index in [9.17, 15) is 18.0 Å². The van der Waals surface area contributed by atoms with Crippen LogP contribution in [0, 0.1) is 0 Å². The molecular formula is C21H26N4O4S. The third-order valence-electron chi connectivity index (χ3n) is 5.19. The number of primary amides is 1. The predicted molar refractivity (Wildman–Crippen MR) is 116 cm³/mol. The molecule has 1 aliphatic rings.